The average molecular weight is 203 g/mol. The molecule has 0 aliphatic heterocycles. The van der Waals surface area contributed by atoms with E-state index in [1.165, 1.54) is 32.1 Å². The largest absolute Gasteiger partial charge is 0.377 e. The van der Waals surface area contributed by atoms with Gasteiger partial charge in [-0.25, -0.2) is 0 Å². The second-order valence-electron chi connectivity index (χ2n) is 3.67. The molecule has 1 rings (SSSR count). The summed E-state index contributed by atoms with van der Waals surface area (Å²) in [5.41, 5.74) is 0. The van der Waals surface area contributed by atoms with Crippen molar-refractivity contribution in [1.29, 1.82) is 0 Å². The van der Waals surface area contributed by atoms with E-state index < -0.39 is 0 Å². The van der Waals surface area contributed by atoms with E-state index >= 15 is 0 Å². The summed E-state index contributed by atoms with van der Waals surface area (Å²) >= 11 is 5.49. The molecule has 76 valence electrons. The molecule has 0 saturated heterocycles. The van der Waals surface area contributed by atoms with Gasteiger partial charge in [-0.3, -0.25) is 0 Å². The fraction of sp³-hybridized carbons (Fsp3) is 0.818. The molecule has 0 aromatic carbocycles. The van der Waals surface area contributed by atoms with Gasteiger partial charge in [0.2, 0.25) is 0 Å². The summed E-state index contributed by atoms with van der Waals surface area (Å²) in [4.78, 5) is 0. The lowest BCUT2D eigenvalue weighted by molar-refractivity contribution is 0.106. The molecule has 0 amide bonds. The monoisotopic (exact) mass is 202 g/mol. The number of allylic oxidation sites excluding steroid dienone is 1. The van der Waals surface area contributed by atoms with Gasteiger partial charge in [-0.05, 0) is 18.8 Å². The van der Waals surface area contributed by atoms with Crippen LogP contribution in [0.5, 0.6) is 0 Å². The van der Waals surface area contributed by atoms with Crippen molar-refractivity contribution in [3.05, 3.63) is 12.2 Å². The van der Waals surface area contributed by atoms with E-state index in [0.29, 0.717) is 5.88 Å². The SMILES string of the molecule is ClCC=CCOCC1CCCCC1. The molecule has 1 saturated carbocycles. The van der Waals surface area contributed by atoms with E-state index in [1.807, 2.05) is 12.2 Å². The van der Waals surface area contributed by atoms with Crippen LogP contribution in [-0.2, 0) is 4.74 Å². The lowest BCUT2D eigenvalue weighted by Gasteiger charge is -2.20. The van der Waals surface area contributed by atoms with Crippen LogP contribution < -0.4 is 0 Å². The molecular weight excluding hydrogens is 184 g/mol. The molecule has 2 heteroatoms. The summed E-state index contributed by atoms with van der Waals surface area (Å²) < 4.78 is 5.53. The number of hydrogen-bond donors (Lipinski definition) is 0. The third-order valence-corrected chi connectivity index (χ3v) is 2.73. The van der Waals surface area contributed by atoms with Gasteiger partial charge in [0.05, 0.1) is 6.61 Å². The first kappa shape index (κ1) is 11.1. The Kier molecular flexibility index (Phi) is 6.30. The van der Waals surface area contributed by atoms with Crippen molar-refractivity contribution in [2.24, 2.45) is 5.92 Å². The Bertz CT molecular complexity index is 139. The highest BCUT2D eigenvalue weighted by Crippen LogP contribution is 2.23. The molecular formula is C11H19ClO. The van der Waals surface area contributed by atoms with Crippen molar-refractivity contribution in [2.45, 2.75) is 32.1 Å². The van der Waals surface area contributed by atoms with Crippen LogP contribution in [0.1, 0.15) is 32.1 Å². The van der Waals surface area contributed by atoms with Crippen LogP contribution in [0.4, 0.5) is 0 Å². The summed E-state index contributed by atoms with van der Waals surface area (Å²) in [6.07, 6.45) is 10.9. The fourth-order valence-electron chi connectivity index (χ4n) is 1.79. The number of halogens is 1. The predicted molar refractivity (Wildman–Crippen MR) is 57.3 cm³/mol. The van der Waals surface area contributed by atoms with Gasteiger partial charge < -0.3 is 4.74 Å². The summed E-state index contributed by atoms with van der Waals surface area (Å²) in [6.45, 7) is 1.66. The maximum Gasteiger partial charge on any atom is 0.0647 e. The van der Waals surface area contributed by atoms with Gasteiger partial charge in [-0.2, -0.15) is 0 Å². The number of rotatable bonds is 5. The second-order valence-corrected chi connectivity index (χ2v) is 3.98. The van der Waals surface area contributed by atoms with Gasteiger partial charge in [0, 0.05) is 12.5 Å². The molecule has 0 unspecified atom stereocenters. The highest BCUT2D eigenvalue weighted by atomic mass is 35.5. The van der Waals surface area contributed by atoms with Crippen LogP contribution >= 0.6 is 11.6 Å². The maximum absolute atomic E-state index is 5.53. The number of ether oxygens (including phenoxy) is 1. The Morgan fingerprint density at radius 2 is 1.92 bits per heavy atom. The van der Waals surface area contributed by atoms with E-state index in [0.717, 1.165) is 19.1 Å². The quantitative estimate of drug-likeness (QED) is 0.377. The van der Waals surface area contributed by atoms with E-state index in [1.54, 1.807) is 0 Å². The van der Waals surface area contributed by atoms with Crippen molar-refractivity contribution >= 4 is 11.6 Å². The molecule has 0 aromatic rings. The van der Waals surface area contributed by atoms with Crippen LogP contribution in [-0.4, -0.2) is 19.1 Å². The first-order valence-electron chi connectivity index (χ1n) is 5.22. The van der Waals surface area contributed by atoms with Crippen molar-refractivity contribution in [2.75, 3.05) is 19.1 Å². The average Bonchev–Trinajstić information content (AvgIpc) is 2.19. The minimum atomic E-state index is 0.590. The Labute approximate surface area is 86.1 Å². The van der Waals surface area contributed by atoms with Crippen molar-refractivity contribution in [1.82, 2.24) is 0 Å². The van der Waals surface area contributed by atoms with Gasteiger partial charge in [-0.1, -0.05) is 31.4 Å². The summed E-state index contributed by atoms with van der Waals surface area (Å²) in [7, 11) is 0. The Morgan fingerprint density at radius 3 is 2.62 bits per heavy atom. The topological polar surface area (TPSA) is 9.23 Å². The zero-order chi connectivity index (χ0) is 9.36. The zero-order valence-corrected chi connectivity index (χ0v) is 8.93. The molecule has 0 N–H and O–H groups in total. The summed E-state index contributed by atoms with van der Waals surface area (Å²) in [5, 5.41) is 0. The van der Waals surface area contributed by atoms with Crippen molar-refractivity contribution in [3.8, 4) is 0 Å². The first-order valence-corrected chi connectivity index (χ1v) is 5.75. The minimum absolute atomic E-state index is 0.590. The molecule has 1 fully saturated rings. The molecule has 0 atom stereocenters. The van der Waals surface area contributed by atoms with E-state index in [9.17, 15) is 0 Å². The molecule has 0 heterocycles. The smallest absolute Gasteiger partial charge is 0.0647 e. The molecule has 0 spiro atoms. The first-order chi connectivity index (χ1) is 6.43. The van der Waals surface area contributed by atoms with Gasteiger partial charge >= 0.3 is 0 Å². The van der Waals surface area contributed by atoms with Crippen LogP contribution in [0.15, 0.2) is 12.2 Å². The number of alkyl halides is 1. The normalized spacial score (nSPS) is 19.8. The summed E-state index contributed by atoms with van der Waals surface area (Å²) in [6, 6.07) is 0. The second kappa shape index (κ2) is 7.40. The van der Waals surface area contributed by atoms with Crippen LogP contribution in [0, 0.1) is 5.92 Å². The minimum Gasteiger partial charge on any atom is -0.377 e. The van der Waals surface area contributed by atoms with Crippen molar-refractivity contribution < 1.29 is 4.74 Å². The Hall–Kier alpha value is -0.0100. The van der Waals surface area contributed by atoms with Crippen LogP contribution in [0.3, 0.4) is 0 Å². The van der Waals surface area contributed by atoms with Crippen LogP contribution in [0.2, 0.25) is 0 Å². The fourth-order valence-corrected chi connectivity index (χ4v) is 1.91. The highest BCUT2D eigenvalue weighted by Gasteiger charge is 2.12. The lowest BCUT2D eigenvalue weighted by atomic mass is 9.90. The molecule has 13 heavy (non-hydrogen) atoms. The van der Waals surface area contributed by atoms with Gasteiger partial charge in [0.1, 0.15) is 0 Å². The van der Waals surface area contributed by atoms with Crippen LogP contribution in [0.25, 0.3) is 0 Å². The molecule has 0 radical (unpaired) electrons. The lowest BCUT2D eigenvalue weighted by Crippen LogP contribution is -2.13. The van der Waals surface area contributed by atoms with Crippen molar-refractivity contribution in [3.63, 3.8) is 0 Å². The maximum atomic E-state index is 5.53. The van der Waals surface area contributed by atoms with E-state index in [-0.39, 0.29) is 0 Å². The molecule has 0 aromatic heterocycles. The van der Waals surface area contributed by atoms with E-state index in [4.69, 9.17) is 16.3 Å². The third kappa shape index (κ3) is 5.33. The Balaban J connectivity index is 1.95. The molecule has 1 aliphatic rings. The summed E-state index contributed by atoms with van der Waals surface area (Å²) in [5.74, 6) is 1.41. The van der Waals surface area contributed by atoms with Gasteiger partial charge in [0.15, 0.2) is 0 Å². The third-order valence-electron chi connectivity index (χ3n) is 2.55. The van der Waals surface area contributed by atoms with Gasteiger partial charge in [-0.15, -0.1) is 11.6 Å². The van der Waals surface area contributed by atoms with Gasteiger partial charge in [0.25, 0.3) is 0 Å². The molecule has 1 aliphatic carbocycles. The Morgan fingerprint density at radius 1 is 1.15 bits per heavy atom. The standard InChI is InChI=1S/C11H19ClO/c12-8-4-5-9-13-10-11-6-2-1-3-7-11/h4-5,11H,1-3,6-10H2. The van der Waals surface area contributed by atoms with E-state index in [2.05, 4.69) is 0 Å². The molecule has 1 nitrogen and oxygen atoms in total. The number of hydrogen-bond acceptors (Lipinski definition) is 1. The highest BCUT2D eigenvalue weighted by molar-refractivity contribution is 6.18. The zero-order valence-electron chi connectivity index (χ0n) is 8.18. The molecule has 0 bridgehead atoms. The predicted octanol–water partition coefficient (Wildman–Crippen LogP) is 3.38.